The van der Waals surface area contributed by atoms with E-state index in [2.05, 4.69) is 20.6 Å². The van der Waals surface area contributed by atoms with E-state index in [0.717, 1.165) is 22.2 Å². The van der Waals surface area contributed by atoms with Gasteiger partial charge in [0.15, 0.2) is 0 Å². The Kier molecular flexibility index (Phi) is 4.91. The van der Waals surface area contributed by atoms with Crippen molar-refractivity contribution in [3.8, 4) is 0 Å². The second-order valence-corrected chi connectivity index (χ2v) is 6.71. The van der Waals surface area contributed by atoms with Gasteiger partial charge in [0.2, 0.25) is 0 Å². The molecule has 2 aromatic heterocycles. The van der Waals surface area contributed by atoms with Crippen LogP contribution in [-0.2, 0) is 0 Å². The smallest absolute Gasteiger partial charge is 0.255 e. The van der Waals surface area contributed by atoms with Crippen LogP contribution in [0.3, 0.4) is 0 Å². The summed E-state index contributed by atoms with van der Waals surface area (Å²) >= 11 is 6.17. The van der Waals surface area contributed by atoms with Crippen LogP contribution in [0.5, 0.6) is 0 Å². The second-order valence-electron chi connectivity index (χ2n) is 6.30. The molecule has 0 bridgehead atoms. The number of hydrogen-bond donors (Lipinski definition) is 2. The molecule has 138 valence electrons. The molecule has 0 saturated carbocycles. The van der Waals surface area contributed by atoms with Crippen LogP contribution >= 0.6 is 11.6 Å². The predicted molar refractivity (Wildman–Crippen MR) is 113 cm³/mol. The van der Waals surface area contributed by atoms with Gasteiger partial charge in [-0.05, 0) is 48.9 Å². The van der Waals surface area contributed by atoms with Crippen molar-refractivity contribution in [3.05, 3.63) is 89.2 Å². The summed E-state index contributed by atoms with van der Waals surface area (Å²) in [5, 5.41) is 7.78. The summed E-state index contributed by atoms with van der Waals surface area (Å²) in [6.07, 6.45) is 3.30. The molecule has 5 nitrogen and oxygen atoms in total. The van der Waals surface area contributed by atoms with Crippen LogP contribution in [0.1, 0.15) is 15.9 Å². The molecule has 0 atom stereocenters. The zero-order valence-electron chi connectivity index (χ0n) is 15.1. The van der Waals surface area contributed by atoms with E-state index >= 15 is 0 Å². The number of carbonyl (C=O) groups is 1. The van der Waals surface area contributed by atoms with Gasteiger partial charge in [0.25, 0.3) is 5.91 Å². The first-order valence-electron chi connectivity index (χ1n) is 8.75. The maximum Gasteiger partial charge on any atom is 0.255 e. The number of benzene rings is 2. The number of nitrogens with one attached hydrogen (secondary N) is 2. The Labute approximate surface area is 167 Å². The van der Waals surface area contributed by atoms with Gasteiger partial charge in [-0.1, -0.05) is 35.9 Å². The third-order valence-corrected chi connectivity index (χ3v) is 4.84. The molecular formula is C22H17ClN4O. The van der Waals surface area contributed by atoms with Gasteiger partial charge in [-0.15, -0.1) is 0 Å². The van der Waals surface area contributed by atoms with Crippen molar-refractivity contribution in [1.82, 2.24) is 9.97 Å². The number of halogens is 1. The summed E-state index contributed by atoms with van der Waals surface area (Å²) in [7, 11) is 0. The number of nitrogens with zero attached hydrogens (tertiary/aromatic N) is 2. The topological polar surface area (TPSA) is 66.9 Å². The molecule has 2 N–H and O–H groups in total. The van der Waals surface area contributed by atoms with Crippen molar-refractivity contribution in [1.29, 1.82) is 0 Å². The van der Waals surface area contributed by atoms with Crippen molar-refractivity contribution < 1.29 is 4.79 Å². The van der Waals surface area contributed by atoms with Crippen LogP contribution in [0, 0.1) is 6.92 Å². The number of fused-ring (bicyclic) bond motifs is 1. The molecule has 0 spiro atoms. The molecule has 0 aliphatic carbocycles. The minimum absolute atomic E-state index is 0.230. The third kappa shape index (κ3) is 3.66. The first kappa shape index (κ1) is 17.9. The highest BCUT2D eigenvalue weighted by Gasteiger charge is 2.11. The van der Waals surface area contributed by atoms with Crippen LogP contribution in [0.25, 0.3) is 10.9 Å². The minimum Gasteiger partial charge on any atom is -0.340 e. The standard InChI is InChI=1S/C22H17ClN4O/c1-14-17(23)7-3-8-18(14)26-20-13-16(10-12-24-20)22(28)27-19-9-2-5-15-6-4-11-25-21(15)19/h2-13H,1H3,(H,24,26)(H,27,28). The first-order chi connectivity index (χ1) is 13.6. The van der Waals surface area contributed by atoms with Gasteiger partial charge in [-0.2, -0.15) is 0 Å². The molecule has 2 heterocycles. The molecule has 0 radical (unpaired) electrons. The van der Waals surface area contributed by atoms with Gasteiger partial charge in [-0.25, -0.2) is 4.98 Å². The average molecular weight is 389 g/mol. The van der Waals surface area contributed by atoms with Crippen molar-refractivity contribution >= 4 is 45.6 Å². The summed E-state index contributed by atoms with van der Waals surface area (Å²) in [4.78, 5) is 21.4. The maximum absolute atomic E-state index is 12.8. The van der Waals surface area contributed by atoms with Crippen LogP contribution < -0.4 is 10.6 Å². The Morgan fingerprint density at radius 3 is 2.61 bits per heavy atom. The lowest BCUT2D eigenvalue weighted by Gasteiger charge is -2.11. The van der Waals surface area contributed by atoms with Crippen LogP contribution in [0.2, 0.25) is 5.02 Å². The zero-order chi connectivity index (χ0) is 19.5. The maximum atomic E-state index is 12.8. The van der Waals surface area contributed by atoms with E-state index in [0.29, 0.717) is 22.1 Å². The Morgan fingerprint density at radius 1 is 0.929 bits per heavy atom. The number of pyridine rings is 2. The number of hydrogen-bond acceptors (Lipinski definition) is 4. The van der Waals surface area contributed by atoms with Gasteiger partial charge >= 0.3 is 0 Å². The molecular weight excluding hydrogens is 372 g/mol. The third-order valence-electron chi connectivity index (χ3n) is 4.43. The summed E-state index contributed by atoms with van der Waals surface area (Å²) in [5.74, 6) is 0.334. The molecule has 6 heteroatoms. The zero-order valence-corrected chi connectivity index (χ0v) is 15.9. The minimum atomic E-state index is -0.230. The molecule has 0 fully saturated rings. The molecule has 0 saturated heterocycles. The molecule has 4 rings (SSSR count). The number of para-hydroxylation sites is 1. The van der Waals surface area contributed by atoms with Crippen molar-refractivity contribution in [2.45, 2.75) is 6.92 Å². The SMILES string of the molecule is Cc1c(Cl)cccc1Nc1cc(C(=O)Nc2cccc3cccnc23)ccn1. The van der Waals surface area contributed by atoms with E-state index in [4.69, 9.17) is 11.6 Å². The van der Waals surface area contributed by atoms with E-state index in [1.165, 1.54) is 0 Å². The number of amides is 1. The van der Waals surface area contributed by atoms with Gasteiger partial charge in [0, 0.05) is 34.1 Å². The van der Waals surface area contributed by atoms with E-state index < -0.39 is 0 Å². The highest BCUT2D eigenvalue weighted by Crippen LogP contribution is 2.26. The summed E-state index contributed by atoms with van der Waals surface area (Å²) in [6.45, 7) is 1.93. The van der Waals surface area contributed by atoms with Crippen molar-refractivity contribution in [3.63, 3.8) is 0 Å². The summed E-state index contributed by atoms with van der Waals surface area (Å²) in [5.41, 5.74) is 3.67. The van der Waals surface area contributed by atoms with Gasteiger partial charge < -0.3 is 10.6 Å². The Bertz CT molecular complexity index is 1170. The lowest BCUT2D eigenvalue weighted by Crippen LogP contribution is -2.13. The molecule has 2 aromatic carbocycles. The monoisotopic (exact) mass is 388 g/mol. The van der Waals surface area contributed by atoms with E-state index in [9.17, 15) is 4.79 Å². The van der Waals surface area contributed by atoms with Gasteiger partial charge in [0.05, 0.1) is 11.2 Å². The van der Waals surface area contributed by atoms with E-state index in [1.54, 1.807) is 24.5 Å². The summed E-state index contributed by atoms with van der Waals surface area (Å²) in [6, 6.07) is 18.5. The molecule has 0 aliphatic rings. The number of carbonyl (C=O) groups excluding carboxylic acids is 1. The number of aromatic nitrogens is 2. The van der Waals surface area contributed by atoms with Crippen molar-refractivity contribution in [2.75, 3.05) is 10.6 Å². The second kappa shape index (κ2) is 7.66. The van der Waals surface area contributed by atoms with Crippen LogP contribution in [-0.4, -0.2) is 15.9 Å². The average Bonchev–Trinajstić information content (AvgIpc) is 2.72. The van der Waals surface area contributed by atoms with Crippen molar-refractivity contribution in [2.24, 2.45) is 0 Å². The fourth-order valence-electron chi connectivity index (χ4n) is 2.92. The summed E-state index contributed by atoms with van der Waals surface area (Å²) < 4.78 is 0. The first-order valence-corrected chi connectivity index (χ1v) is 9.13. The largest absolute Gasteiger partial charge is 0.340 e. The molecule has 4 aromatic rings. The fraction of sp³-hybridized carbons (Fsp3) is 0.0455. The van der Waals surface area contributed by atoms with Crippen LogP contribution in [0.4, 0.5) is 17.2 Å². The van der Waals surface area contributed by atoms with E-state index in [-0.39, 0.29) is 5.91 Å². The molecule has 28 heavy (non-hydrogen) atoms. The number of anilines is 3. The molecule has 1 amide bonds. The predicted octanol–water partition coefficient (Wildman–Crippen LogP) is 5.59. The van der Waals surface area contributed by atoms with Crippen LogP contribution in [0.15, 0.2) is 73.1 Å². The lowest BCUT2D eigenvalue weighted by molar-refractivity contribution is 0.102. The van der Waals surface area contributed by atoms with E-state index in [1.807, 2.05) is 55.5 Å². The molecule has 0 aliphatic heterocycles. The Morgan fingerprint density at radius 2 is 1.71 bits per heavy atom. The molecule has 0 unspecified atom stereocenters. The normalized spacial score (nSPS) is 10.6. The lowest BCUT2D eigenvalue weighted by atomic mass is 10.1. The van der Waals surface area contributed by atoms with Gasteiger partial charge in [0.1, 0.15) is 5.82 Å². The van der Waals surface area contributed by atoms with Gasteiger partial charge in [-0.3, -0.25) is 9.78 Å². The Balaban J connectivity index is 1.58. The highest BCUT2D eigenvalue weighted by atomic mass is 35.5. The number of rotatable bonds is 4. The fourth-order valence-corrected chi connectivity index (χ4v) is 3.10. The highest BCUT2D eigenvalue weighted by molar-refractivity contribution is 6.31. The Hall–Kier alpha value is -3.44. The quantitative estimate of drug-likeness (QED) is 0.478.